The predicted molar refractivity (Wildman–Crippen MR) is 112 cm³/mol. The van der Waals surface area contributed by atoms with E-state index in [1.54, 1.807) is 0 Å². The second kappa shape index (κ2) is 6.50. The largest absolute Gasteiger partial charge is 0.353 e. The monoisotopic (exact) mass is 419 g/mol. The Kier molecular flexibility index (Phi) is 3.97. The number of rotatable bonds is 1. The molecular formula is C22H18BrN3O. The molecule has 0 aromatic heterocycles. The fraction of sp³-hybridized carbons (Fsp3) is 0.182. The van der Waals surface area contributed by atoms with E-state index in [2.05, 4.69) is 51.2 Å². The first-order valence-corrected chi connectivity index (χ1v) is 9.91. The maximum atomic E-state index is 12.7. The lowest BCUT2D eigenvalue weighted by Gasteiger charge is -2.36. The van der Waals surface area contributed by atoms with Gasteiger partial charge in [-0.3, -0.25) is 4.79 Å². The molecule has 3 aromatic carbocycles. The minimum atomic E-state index is 0.109. The van der Waals surface area contributed by atoms with E-state index in [0.717, 1.165) is 34.6 Å². The van der Waals surface area contributed by atoms with E-state index in [1.807, 2.05) is 35.2 Å². The summed E-state index contributed by atoms with van der Waals surface area (Å²) in [5, 5.41) is 2.41. The molecule has 0 aliphatic carbocycles. The molecule has 2 aliphatic heterocycles. The van der Waals surface area contributed by atoms with Crippen LogP contribution in [0.25, 0.3) is 10.8 Å². The van der Waals surface area contributed by atoms with Gasteiger partial charge in [-0.05, 0) is 29.7 Å². The molecule has 134 valence electrons. The van der Waals surface area contributed by atoms with Crippen molar-refractivity contribution in [2.75, 3.05) is 26.2 Å². The van der Waals surface area contributed by atoms with Crippen molar-refractivity contribution in [3.63, 3.8) is 0 Å². The van der Waals surface area contributed by atoms with Gasteiger partial charge in [-0.1, -0.05) is 52.3 Å². The minimum absolute atomic E-state index is 0.109. The first-order valence-electron chi connectivity index (χ1n) is 9.12. The van der Waals surface area contributed by atoms with Gasteiger partial charge in [0.2, 0.25) is 0 Å². The molecule has 0 N–H and O–H groups in total. The molecule has 0 saturated carbocycles. The van der Waals surface area contributed by atoms with Crippen molar-refractivity contribution in [1.29, 1.82) is 0 Å². The van der Waals surface area contributed by atoms with Crippen molar-refractivity contribution >= 4 is 44.1 Å². The maximum Gasteiger partial charge on any atom is 0.253 e. The average Bonchev–Trinajstić information content (AvgIpc) is 3.11. The number of carbonyl (C=O) groups excluding carboxylic acids is 1. The van der Waals surface area contributed by atoms with E-state index in [9.17, 15) is 4.79 Å². The molecule has 0 unspecified atom stereocenters. The summed E-state index contributed by atoms with van der Waals surface area (Å²) >= 11 is 3.65. The van der Waals surface area contributed by atoms with Gasteiger partial charge in [-0.15, -0.1) is 0 Å². The molecule has 2 heterocycles. The third kappa shape index (κ3) is 2.73. The van der Waals surface area contributed by atoms with Crippen LogP contribution in [0.1, 0.15) is 15.9 Å². The molecule has 0 bridgehead atoms. The summed E-state index contributed by atoms with van der Waals surface area (Å²) in [4.78, 5) is 21.8. The Hall–Kier alpha value is -2.66. The van der Waals surface area contributed by atoms with Crippen molar-refractivity contribution in [2.24, 2.45) is 4.99 Å². The second-order valence-corrected chi connectivity index (χ2v) is 7.73. The number of halogens is 1. The number of nitrogens with zero attached hydrogens (tertiary/aromatic N) is 3. The maximum absolute atomic E-state index is 12.7. The van der Waals surface area contributed by atoms with Crippen molar-refractivity contribution < 1.29 is 4.79 Å². The van der Waals surface area contributed by atoms with Crippen LogP contribution in [0.3, 0.4) is 0 Å². The number of hydrogen-bond donors (Lipinski definition) is 0. The summed E-state index contributed by atoms with van der Waals surface area (Å²) in [6, 6.07) is 20.0. The fourth-order valence-corrected chi connectivity index (χ4v) is 4.39. The molecule has 0 atom stereocenters. The highest BCUT2D eigenvalue weighted by atomic mass is 79.9. The van der Waals surface area contributed by atoms with Crippen LogP contribution in [0, 0.1) is 0 Å². The molecule has 27 heavy (non-hydrogen) atoms. The highest BCUT2D eigenvalue weighted by Crippen LogP contribution is 2.39. The summed E-state index contributed by atoms with van der Waals surface area (Å²) in [5.74, 6) is 1.14. The number of carbonyl (C=O) groups is 1. The zero-order chi connectivity index (χ0) is 18.4. The topological polar surface area (TPSA) is 35.9 Å². The summed E-state index contributed by atoms with van der Waals surface area (Å²) in [5.41, 5.74) is 2.97. The predicted octanol–water partition coefficient (Wildman–Crippen LogP) is 4.45. The Labute approximate surface area is 166 Å². The van der Waals surface area contributed by atoms with Gasteiger partial charge in [0.1, 0.15) is 5.84 Å². The molecule has 0 spiro atoms. The molecule has 5 heteroatoms. The van der Waals surface area contributed by atoms with Crippen LogP contribution in [0.5, 0.6) is 0 Å². The second-order valence-electron chi connectivity index (χ2n) is 6.88. The lowest BCUT2D eigenvalue weighted by Crippen LogP contribution is -2.50. The number of piperazine rings is 1. The summed E-state index contributed by atoms with van der Waals surface area (Å²) in [6.07, 6.45) is 0. The van der Waals surface area contributed by atoms with Gasteiger partial charge in [0.05, 0.1) is 5.69 Å². The fourth-order valence-electron chi connectivity index (χ4n) is 3.93. The number of amides is 1. The molecule has 2 aliphatic rings. The first kappa shape index (κ1) is 16.5. The van der Waals surface area contributed by atoms with Gasteiger partial charge in [0, 0.05) is 47.2 Å². The van der Waals surface area contributed by atoms with Gasteiger partial charge in [-0.25, -0.2) is 4.99 Å². The summed E-state index contributed by atoms with van der Waals surface area (Å²) in [7, 11) is 0. The molecule has 1 saturated heterocycles. The zero-order valence-electron chi connectivity index (χ0n) is 14.7. The minimum Gasteiger partial charge on any atom is -0.353 e. The van der Waals surface area contributed by atoms with Crippen LogP contribution in [0.4, 0.5) is 5.69 Å². The lowest BCUT2D eigenvalue weighted by atomic mass is 10.0. The van der Waals surface area contributed by atoms with E-state index in [4.69, 9.17) is 4.99 Å². The van der Waals surface area contributed by atoms with Crippen LogP contribution >= 0.6 is 15.9 Å². The third-order valence-electron chi connectivity index (χ3n) is 5.32. The molecular weight excluding hydrogens is 402 g/mol. The number of benzene rings is 3. The SMILES string of the molecule is O=C(c1ccccc1)N1CCN(C2=Nc3ccc(Br)c4cccc2c34)CC1. The Bertz CT molecular complexity index is 1070. The number of aliphatic imine (C=N–C) groups is 1. The summed E-state index contributed by atoms with van der Waals surface area (Å²) in [6.45, 7) is 3.01. The first-order chi connectivity index (χ1) is 13.2. The van der Waals surface area contributed by atoms with Gasteiger partial charge >= 0.3 is 0 Å². The van der Waals surface area contributed by atoms with Crippen LogP contribution < -0.4 is 0 Å². The van der Waals surface area contributed by atoms with Crippen LogP contribution in [-0.2, 0) is 0 Å². The van der Waals surface area contributed by atoms with Gasteiger partial charge in [0.15, 0.2) is 0 Å². The van der Waals surface area contributed by atoms with Crippen molar-refractivity contribution in [2.45, 2.75) is 0 Å². The van der Waals surface area contributed by atoms with Gasteiger partial charge < -0.3 is 9.80 Å². The normalized spacial score (nSPS) is 16.0. The molecule has 1 fully saturated rings. The van der Waals surface area contributed by atoms with E-state index >= 15 is 0 Å². The Morgan fingerprint density at radius 3 is 2.44 bits per heavy atom. The van der Waals surface area contributed by atoms with Crippen LogP contribution in [-0.4, -0.2) is 47.7 Å². The van der Waals surface area contributed by atoms with Crippen LogP contribution in [0.15, 0.2) is 70.1 Å². The van der Waals surface area contributed by atoms with Gasteiger partial charge in [0.25, 0.3) is 5.91 Å². The standard InChI is InChI=1S/C22H18BrN3O/c23-18-9-10-19-20-16(18)7-4-8-17(20)21(24-19)25-11-13-26(14-12-25)22(27)15-5-2-1-3-6-15/h1-10H,11-14H2. The zero-order valence-corrected chi connectivity index (χ0v) is 16.3. The molecule has 1 amide bonds. The van der Waals surface area contributed by atoms with Crippen molar-refractivity contribution in [3.05, 3.63) is 76.3 Å². The highest BCUT2D eigenvalue weighted by molar-refractivity contribution is 9.10. The van der Waals surface area contributed by atoms with Crippen molar-refractivity contribution in [3.8, 4) is 0 Å². The lowest BCUT2D eigenvalue weighted by molar-refractivity contribution is 0.0692. The average molecular weight is 420 g/mol. The van der Waals surface area contributed by atoms with E-state index in [-0.39, 0.29) is 5.91 Å². The highest BCUT2D eigenvalue weighted by Gasteiger charge is 2.28. The Morgan fingerprint density at radius 2 is 1.67 bits per heavy atom. The third-order valence-corrected chi connectivity index (χ3v) is 6.01. The van der Waals surface area contributed by atoms with Gasteiger partial charge in [-0.2, -0.15) is 0 Å². The smallest absolute Gasteiger partial charge is 0.253 e. The van der Waals surface area contributed by atoms with E-state index in [1.165, 1.54) is 16.3 Å². The number of hydrogen-bond acceptors (Lipinski definition) is 3. The Morgan fingerprint density at radius 1 is 0.889 bits per heavy atom. The molecule has 0 radical (unpaired) electrons. The number of amidine groups is 1. The molecule has 4 nitrogen and oxygen atoms in total. The quantitative estimate of drug-likeness (QED) is 0.583. The Balaban J connectivity index is 1.37. The van der Waals surface area contributed by atoms with Crippen molar-refractivity contribution in [1.82, 2.24) is 9.80 Å². The molecule has 3 aromatic rings. The summed E-state index contributed by atoms with van der Waals surface area (Å²) < 4.78 is 1.10. The molecule has 5 rings (SSSR count). The van der Waals surface area contributed by atoms with Crippen LogP contribution in [0.2, 0.25) is 0 Å². The van der Waals surface area contributed by atoms with E-state index < -0.39 is 0 Å². The van der Waals surface area contributed by atoms with E-state index in [0.29, 0.717) is 13.1 Å².